The van der Waals surface area contributed by atoms with Crippen molar-refractivity contribution in [1.82, 2.24) is 0 Å². The van der Waals surface area contributed by atoms with Crippen LogP contribution in [0.15, 0.2) is 48.5 Å². The Morgan fingerprint density at radius 1 is 0.826 bits per heavy atom. The van der Waals surface area contributed by atoms with Crippen LogP contribution in [0.2, 0.25) is 5.02 Å². The number of hydrogen-bond donors (Lipinski definition) is 3. The molecule has 3 N–H and O–H groups in total. The molecular formula is C28H17Cl3F9N3O3. The van der Waals surface area contributed by atoms with E-state index in [1.807, 2.05) is 0 Å². The molecule has 1 aliphatic carbocycles. The first-order valence-corrected chi connectivity index (χ1v) is 13.8. The van der Waals surface area contributed by atoms with Crippen LogP contribution < -0.4 is 16.0 Å². The summed E-state index contributed by atoms with van der Waals surface area (Å²) in [5.41, 5.74) is -4.03. The summed E-state index contributed by atoms with van der Waals surface area (Å²) in [6.45, 7) is 0. The molecule has 3 aromatic carbocycles. The van der Waals surface area contributed by atoms with Crippen LogP contribution in [0.4, 0.5) is 56.6 Å². The number of carbonyl (C=O) groups is 3. The topological polar surface area (TPSA) is 87.3 Å². The van der Waals surface area contributed by atoms with Gasteiger partial charge >= 0.3 is 12.4 Å². The van der Waals surface area contributed by atoms with E-state index >= 15 is 0 Å². The third-order valence-electron chi connectivity index (χ3n) is 6.71. The van der Waals surface area contributed by atoms with Gasteiger partial charge in [0, 0.05) is 18.0 Å². The fourth-order valence-electron chi connectivity index (χ4n) is 4.43. The molecule has 3 aromatic rings. The first-order valence-electron chi connectivity index (χ1n) is 12.7. The fraction of sp³-hybridized carbons (Fsp3) is 0.250. The summed E-state index contributed by atoms with van der Waals surface area (Å²) in [4.78, 5) is 37.7. The maximum Gasteiger partial charge on any atom is 0.419 e. The van der Waals surface area contributed by atoms with E-state index in [-0.39, 0.29) is 21.8 Å². The highest BCUT2D eigenvalue weighted by Gasteiger charge is 2.67. The van der Waals surface area contributed by atoms with Crippen LogP contribution in [0.1, 0.15) is 40.2 Å². The molecule has 0 bridgehead atoms. The lowest BCUT2D eigenvalue weighted by Gasteiger charge is -2.14. The van der Waals surface area contributed by atoms with Crippen molar-refractivity contribution in [3.8, 4) is 0 Å². The highest BCUT2D eigenvalue weighted by Crippen LogP contribution is 2.65. The SMILES string of the molecule is O=C(CCC(F)(F)F)Nc1c(F)ccc(NC(=O)c2cc(NC(=O)C3[C@H](c4ccc(F)c(C(F)(F)F)c4)C3(Cl)Cl)ccc2Cl)c1F. The molecule has 18 heteroatoms. The molecule has 1 unspecified atom stereocenters. The summed E-state index contributed by atoms with van der Waals surface area (Å²) in [6, 6.07) is 6.85. The van der Waals surface area contributed by atoms with Crippen molar-refractivity contribution in [3.63, 3.8) is 0 Å². The Hall–Kier alpha value is -3.69. The summed E-state index contributed by atoms with van der Waals surface area (Å²) >= 11 is 18.4. The second-order valence-corrected chi connectivity index (χ2v) is 11.8. The first kappa shape index (κ1) is 35.2. The van der Waals surface area contributed by atoms with Gasteiger partial charge in [-0.2, -0.15) is 26.3 Å². The maximum atomic E-state index is 15.0. The van der Waals surface area contributed by atoms with Gasteiger partial charge in [0.25, 0.3) is 5.91 Å². The molecule has 6 nitrogen and oxygen atoms in total. The highest BCUT2D eigenvalue weighted by atomic mass is 35.5. The lowest BCUT2D eigenvalue weighted by atomic mass is 10.0. The predicted molar refractivity (Wildman–Crippen MR) is 150 cm³/mol. The smallest absolute Gasteiger partial charge is 0.326 e. The van der Waals surface area contributed by atoms with E-state index in [1.54, 1.807) is 5.32 Å². The van der Waals surface area contributed by atoms with Gasteiger partial charge in [0.1, 0.15) is 21.7 Å². The Morgan fingerprint density at radius 2 is 1.48 bits per heavy atom. The van der Waals surface area contributed by atoms with E-state index in [0.717, 1.165) is 24.3 Å². The third-order valence-corrected chi connectivity index (χ3v) is 7.98. The Kier molecular flexibility index (Phi) is 9.82. The zero-order valence-corrected chi connectivity index (χ0v) is 24.7. The minimum absolute atomic E-state index is 0.0957. The fourth-order valence-corrected chi connectivity index (χ4v) is 5.46. The average Bonchev–Trinajstić information content (AvgIpc) is 3.53. The molecule has 4 rings (SSSR count). The van der Waals surface area contributed by atoms with E-state index in [1.165, 1.54) is 6.07 Å². The van der Waals surface area contributed by atoms with Gasteiger partial charge in [-0.05, 0) is 48.0 Å². The number of halogens is 12. The zero-order valence-electron chi connectivity index (χ0n) is 22.4. The van der Waals surface area contributed by atoms with Crippen LogP contribution >= 0.6 is 34.8 Å². The number of amides is 3. The average molecular weight is 721 g/mol. The molecule has 1 fully saturated rings. The molecule has 0 radical (unpaired) electrons. The summed E-state index contributed by atoms with van der Waals surface area (Å²) in [6.07, 6.45) is -12.4. The first-order chi connectivity index (χ1) is 21.2. The normalized spacial score (nSPS) is 17.3. The van der Waals surface area contributed by atoms with Crippen molar-refractivity contribution in [2.24, 2.45) is 5.92 Å². The number of rotatable bonds is 8. The standard InChI is InChI=1S/C28H17Cl3F9N3O3/c29-15-3-2-12(41-25(46)21-20(27(21,30)31)11-1-4-16(32)14(9-11)28(38,39)40)10-13(15)24(45)42-18-6-5-17(33)23(22(18)34)43-19(44)7-8-26(35,36)37/h1-6,9-10,20-21H,7-8H2,(H,41,46)(H,42,45)(H,43,44)/t20-,21?/m0/s1. The third kappa shape index (κ3) is 7.81. The molecule has 1 aliphatic rings. The van der Waals surface area contributed by atoms with Crippen molar-refractivity contribution in [3.05, 3.63) is 87.7 Å². The molecule has 1 saturated carbocycles. The van der Waals surface area contributed by atoms with E-state index in [0.29, 0.717) is 18.2 Å². The number of nitrogens with one attached hydrogen (secondary N) is 3. The van der Waals surface area contributed by atoms with E-state index in [9.17, 15) is 53.9 Å². The van der Waals surface area contributed by atoms with Gasteiger partial charge < -0.3 is 16.0 Å². The van der Waals surface area contributed by atoms with Crippen molar-refractivity contribution >= 4 is 69.6 Å². The van der Waals surface area contributed by atoms with E-state index < -0.39 is 93.5 Å². The summed E-state index contributed by atoms with van der Waals surface area (Å²) in [5, 5.41) is 5.91. The predicted octanol–water partition coefficient (Wildman–Crippen LogP) is 8.84. The molecular weight excluding hydrogens is 704 g/mol. The monoisotopic (exact) mass is 719 g/mol. The maximum absolute atomic E-state index is 15.0. The number of anilines is 3. The number of alkyl halides is 8. The van der Waals surface area contributed by atoms with Gasteiger partial charge in [-0.3, -0.25) is 14.4 Å². The number of carbonyl (C=O) groups excluding carboxylic acids is 3. The Labute approximate surface area is 268 Å². The molecule has 0 aliphatic heterocycles. The molecule has 2 atom stereocenters. The van der Waals surface area contributed by atoms with Gasteiger partial charge in [0.05, 0.1) is 34.2 Å². The minimum atomic E-state index is -5.03. The molecule has 0 aromatic heterocycles. The Balaban J connectivity index is 1.49. The summed E-state index contributed by atoms with van der Waals surface area (Å²) in [5.74, 6) is -10.2. The van der Waals surface area contributed by atoms with Crippen LogP contribution in [0.5, 0.6) is 0 Å². The quantitative estimate of drug-likeness (QED) is 0.161. The van der Waals surface area contributed by atoms with Crippen LogP contribution in [-0.4, -0.2) is 28.2 Å². The van der Waals surface area contributed by atoms with Crippen LogP contribution in [-0.2, 0) is 15.8 Å². The van der Waals surface area contributed by atoms with E-state index in [2.05, 4.69) is 10.6 Å². The molecule has 3 amide bonds. The molecule has 0 heterocycles. The highest BCUT2D eigenvalue weighted by molar-refractivity contribution is 6.53. The van der Waals surface area contributed by atoms with Crippen LogP contribution in [0.25, 0.3) is 0 Å². The van der Waals surface area contributed by atoms with Gasteiger partial charge in [-0.1, -0.05) is 17.7 Å². The van der Waals surface area contributed by atoms with Crippen LogP contribution in [0, 0.1) is 23.4 Å². The number of hydrogen-bond acceptors (Lipinski definition) is 3. The lowest BCUT2D eigenvalue weighted by Crippen LogP contribution is -2.20. The Bertz CT molecular complexity index is 1720. The zero-order chi connectivity index (χ0) is 34.4. The van der Waals surface area contributed by atoms with Crippen molar-refractivity contribution in [2.75, 3.05) is 16.0 Å². The van der Waals surface area contributed by atoms with Crippen molar-refractivity contribution in [2.45, 2.75) is 35.4 Å². The summed E-state index contributed by atoms with van der Waals surface area (Å²) in [7, 11) is 0. The summed E-state index contributed by atoms with van der Waals surface area (Å²) < 4.78 is 118. The van der Waals surface area contributed by atoms with Crippen molar-refractivity contribution < 1.29 is 53.9 Å². The second kappa shape index (κ2) is 12.8. The lowest BCUT2D eigenvalue weighted by molar-refractivity contribution is -0.142. The van der Waals surface area contributed by atoms with Crippen molar-refractivity contribution in [1.29, 1.82) is 0 Å². The van der Waals surface area contributed by atoms with Gasteiger partial charge in [0.2, 0.25) is 11.8 Å². The van der Waals surface area contributed by atoms with Gasteiger partial charge in [-0.15, -0.1) is 23.2 Å². The Morgan fingerprint density at radius 3 is 2.11 bits per heavy atom. The second-order valence-electron chi connectivity index (χ2n) is 9.95. The largest absolute Gasteiger partial charge is 0.419 e. The van der Waals surface area contributed by atoms with Crippen LogP contribution in [0.3, 0.4) is 0 Å². The molecule has 0 spiro atoms. The molecule has 0 saturated heterocycles. The number of benzene rings is 3. The molecule has 46 heavy (non-hydrogen) atoms. The molecule has 246 valence electrons. The van der Waals surface area contributed by atoms with Gasteiger partial charge in [-0.25, -0.2) is 13.2 Å². The van der Waals surface area contributed by atoms with E-state index in [4.69, 9.17) is 34.8 Å². The van der Waals surface area contributed by atoms with Gasteiger partial charge in [0.15, 0.2) is 5.82 Å². The minimum Gasteiger partial charge on any atom is -0.326 e.